The van der Waals surface area contributed by atoms with Crippen molar-refractivity contribution in [2.24, 2.45) is 5.92 Å². The minimum absolute atomic E-state index is 0.0391. The maximum atomic E-state index is 13.4. The van der Waals surface area contributed by atoms with E-state index in [0.29, 0.717) is 21.3 Å². The Morgan fingerprint density at radius 3 is 2.39 bits per heavy atom. The van der Waals surface area contributed by atoms with Gasteiger partial charge in [0.2, 0.25) is 5.91 Å². The molecule has 2 amide bonds. The zero-order valence-corrected chi connectivity index (χ0v) is 19.3. The Morgan fingerprint density at radius 1 is 1.03 bits per heavy atom. The number of halogens is 1. The Balaban J connectivity index is 1.65. The van der Waals surface area contributed by atoms with Gasteiger partial charge >= 0.3 is 0 Å². The number of benzene rings is 2. The van der Waals surface area contributed by atoms with Crippen LogP contribution in [0.15, 0.2) is 59.0 Å². The number of hydrogen-bond donors (Lipinski definition) is 2. The molecule has 2 aromatic rings. The Labute approximate surface area is 189 Å². The Kier molecular flexibility index (Phi) is 5.90. The van der Waals surface area contributed by atoms with E-state index in [9.17, 15) is 18.0 Å². The van der Waals surface area contributed by atoms with Crippen LogP contribution in [0.5, 0.6) is 0 Å². The summed E-state index contributed by atoms with van der Waals surface area (Å²) < 4.78 is 28.7. The molecule has 0 radical (unpaired) electrons. The van der Waals surface area contributed by atoms with Gasteiger partial charge in [0.05, 0.1) is 10.6 Å². The van der Waals surface area contributed by atoms with Crippen molar-refractivity contribution in [3.05, 3.63) is 65.2 Å². The fourth-order valence-corrected chi connectivity index (χ4v) is 5.62. The highest BCUT2D eigenvalue weighted by Gasteiger charge is 2.33. The van der Waals surface area contributed by atoms with Crippen molar-refractivity contribution in [2.75, 3.05) is 10.8 Å². The van der Waals surface area contributed by atoms with Crippen LogP contribution in [0.1, 0.15) is 30.4 Å². The van der Waals surface area contributed by atoms with Crippen LogP contribution in [0, 0.1) is 12.8 Å². The second-order valence-electron chi connectivity index (χ2n) is 7.67. The number of nitrogens with one attached hydrogen (secondary N) is 2. The van der Waals surface area contributed by atoms with Crippen molar-refractivity contribution in [3.63, 3.8) is 0 Å². The quantitative estimate of drug-likeness (QED) is 0.625. The first kappa shape index (κ1) is 21.6. The van der Waals surface area contributed by atoms with Crippen LogP contribution >= 0.6 is 15.9 Å². The first-order valence-corrected chi connectivity index (χ1v) is 12.2. The molecule has 0 saturated heterocycles. The molecule has 0 atom stereocenters. The molecule has 31 heavy (non-hydrogen) atoms. The maximum absolute atomic E-state index is 13.4. The van der Waals surface area contributed by atoms with Crippen LogP contribution in [0.25, 0.3) is 4.48 Å². The normalized spacial score (nSPS) is 16.4. The highest BCUT2D eigenvalue weighted by Crippen LogP contribution is 2.39. The van der Waals surface area contributed by atoms with Crippen molar-refractivity contribution >= 4 is 47.9 Å². The molecule has 2 N–H and O–H groups in total. The van der Waals surface area contributed by atoms with Gasteiger partial charge in [0, 0.05) is 28.1 Å². The first-order valence-electron chi connectivity index (χ1n) is 9.96. The predicted octanol–water partition coefficient (Wildman–Crippen LogP) is 3.26. The number of sulfonamides is 1. The summed E-state index contributed by atoms with van der Waals surface area (Å²) in [5, 5.41) is 0. The van der Waals surface area contributed by atoms with Gasteiger partial charge in [-0.3, -0.25) is 24.7 Å². The van der Waals surface area contributed by atoms with Crippen LogP contribution in [0.4, 0.5) is 5.69 Å². The van der Waals surface area contributed by atoms with Gasteiger partial charge < -0.3 is 0 Å². The van der Waals surface area contributed by atoms with E-state index in [2.05, 4.69) is 26.8 Å². The van der Waals surface area contributed by atoms with Gasteiger partial charge in [-0.1, -0.05) is 35.9 Å². The molecule has 1 heterocycles. The fraction of sp³-hybridized carbons (Fsp3) is 0.273. The van der Waals surface area contributed by atoms with Gasteiger partial charge in [-0.25, -0.2) is 8.42 Å². The Morgan fingerprint density at radius 2 is 1.71 bits per heavy atom. The molecule has 0 bridgehead atoms. The molecule has 162 valence electrons. The Bertz CT molecular complexity index is 1170. The third-order valence-electron chi connectivity index (χ3n) is 5.37. The molecule has 1 fully saturated rings. The molecule has 1 aliphatic heterocycles. The lowest BCUT2D eigenvalue weighted by Gasteiger charge is -2.24. The van der Waals surface area contributed by atoms with Gasteiger partial charge in [0.15, 0.2) is 0 Å². The van der Waals surface area contributed by atoms with Crippen LogP contribution in [0.3, 0.4) is 0 Å². The number of hydrazine groups is 1. The molecule has 1 saturated carbocycles. The predicted molar refractivity (Wildman–Crippen MR) is 122 cm³/mol. The summed E-state index contributed by atoms with van der Waals surface area (Å²) >= 11 is 3.50. The summed E-state index contributed by atoms with van der Waals surface area (Å²) in [5.41, 5.74) is 7.32. The number of para-hydroxylation sites is 1. The molecule has 1 aliphatic carbocycles. The number of anilines is 1. The molecule has 0 unspecified atom stereocenters. The SMILES string of the molecule is Cc1ccc(S(=O)(=O)N2CCC(C(=O)NNC(=O)C3CC3)=C(Br)c3ccccc32)cc1. The highest BCUT2D eigenvalue weighted by atomic mass is 79.9. The summed E-state index contributed by atoms with van der Waals surface area (Å²) in [4.78, 5) is 24.9. The zero-order valence-electron chi connectivity index (χ0n) is 16.9. The fourth-order valence-electron chi connectivity index (χ4n) is 3.42. The number of carbonyl (C=O) groups excluding carboxylic acids is 2. The second-order valence-corrected chi connectivity index (χ2v) is 10.3. The molecule has 0 spiro atoms. The molecular weight excluding hydrogens is 482 g/mol. The lowest BCUT2D eigenvalue weighted by atomic mass is 10.1. The molecular formula is C22H22BrN3O4S. The molecule has 9 heteroatoms. The number of aryl methyl sites for hydroxylation is 1. The number of amides is 2. The summed E-state index contributed by atoms with van der Waals surface area (Å²) in [6.07, 6.45) is 1.83. The third kappa shape index (κ3) is 4.38. The monoisotopic (exact) mass is 503 g/mol. The molecule has 4 rings (SSSR count). The van der Waals surface area contributed by atoms with E-state index in [0.717, 1.165) is 18.4 Å². The summed E-state index contributed by atoms with van der Waals surface area (Å²) in [6.45, 7) is 1.98. The van der Waals surface area contributed by atoms with Gasteiger partial charge in [-0.05, 0) is 60.3 Å². The number of nitrogens with zero attached hydrogens (tertiary/aromatic N) is 1. The molecule has 2 aromatic carbocycles. The van der Waals surface area contributed by atoms with Crippen molar-refractivity contribution in [3.8, 4) is 0 Å². The van der Waals surface area contributed by atoms with Crippen molar-refractivity contribution in [2.45, 2.75) is 31.1 Å². The van der Waals surface area contributed by atoms with E-state index in [-0.39, 0.29) is 29.7 Å². The van der Waals surface area contributed by atoms with E-state index in [4.69, 9.17) is 0 Å². The van der Waals surface area contributed by atoms with Gasteiger partial charge in [0.25, 0.3) is 15.9 Å². The lowest BCUT2D eigenvalue weighted by Crippen LogP contribution is -2.43. The van der Waals surface area contributed by atoms with Gasteiger partial charge in [-0.15, -0.1) is 0 Å². The van der Waals surface area contributed by atoms with E-state index < -0.39 is 15.9 Å². The minimum atomic E-state index is -3.83. The van der Waals surface area contributed by atoms with Crippen LogP contribution < -0.4 is 15.2 Å². The largest absolute Gasteiger partial charge is 0.273 e. The average molecular weight is 504 g/mol. The molecule has 0 aromatic heterocycles. The van der Waals surface area contributed by atoms with Crippen molar-refractivity contribution < 1.29 is 18.0 Å². The van der Waals surface area contributed by atoms with E-state index >= 15 is 0 Å². The number of carbonyl (C=O) groups is 2. The third-order valence-corrected chi connectivity index (χ3v) is 8.10. The van der Waals surface area contributed by atoms with Crippen LogP contribution in [-0.4, -0.2) is 26.8 Å². The highest BCUT2D eigenvalue weighted by molar-refractivity contribution is 9.15. The number of hydrogen-bond acceptors (Lipinski definition) is 4. The van der Waals surface area contributed by atoms with E-state index in [1.807, 2.05) is 6.92 Å². The van der Waals surface area contributed by atoms with Gasteiger partial charge in [-0.2, -0.15) is 0 Å². The first-order chi connectivity index (χ1) is 14.8. The molecule has 2 aliphatic rings. The van der Waals surface area contributed by atoms with Crippen LogP contribution in [-0.2, 0) is 19.6 Å². The second kappa shape index (κ2) is 8.47. The molecule has 7 nitrogen and oxygen atoms in total. The van der Waals surface area contributed by atoms with Crippen LogP contribution in [0.2, 0.25) is 0 Å². The van der Waals surface area contributed by atoms with E-state index in [1.54, 1.807) is 48.5 Å². The van der Waals surface area contributed by atoms with Crippen molar-refractivity contribution in [1.82, 2.24) is 10.9 Å². The topological polar surface area (TPSA) is 95.6 Å². The van der Waals surface area contributed by atoms with Gasteiger partial charge in [0.1, 0.15) is 0 Å². The van der Waals surface area contributed by atoms with E-state index in [1.165, 1.54) is 4.31 Å². The lowest BCUT2D eigenvalue weighted by molar-refractivity contribution is -0.128. The number of fused-ring (bicyclic) bond motifs is 1. The van der Waals surface area contributed by atoms with Crippen molar-refractivity contribution in [1.29, 1.82) is 0 Å². The summed E-state index contributed by atoms with van der Waals surface area (Å²) in [7, 11) is -3.83. The summed E-state index contributed by atoms with van der Waals surface area (Å²) in [6, 6.07) is 13.7. The average Bonchev–Trinajstić information content (AvgIpc) is 3.60. The Hall–Kier alpha value is -2.65. The smallest absolute Gasteiger partial charge is 0.266 e. The maximum Gasteiger partial charge on any atom is 0.266 e. The standard InChI is InChI=1S/C22H22BrN3O4S/c1-14-6-10-16(11-7-14)31(29,30)26-13-12-18(20(23)17-4-2-3-5-19(17)26)22(28)25-24-21(27)15-8-9-15/h2-7,10-11,15H,8-9,12-13H2,1H3,(H,24,27)(H,25,28). The summed E-state index contributed by atoms with van der Waals surface area (Å²) in [5.74, 6) is -0.712. The minimum Gasteiger partial charge on any atom is -0.273 e. The zero-order chi connectivity index (χ0) is 22.2. The number of rotatable bonds is 4.